The van der Waals surface area contributed by atoms with Crippen molar-refractivity contribution < 1.29 is 7.65 Å². The van der Waals surface area contributed by atoms with Crippen molar-refractivity contribution in [3.05, 3.63) is 0 Å². The number of carbonyl (C=O) groups is 1. The molecule has 0 amide bonds. The molecule has 1 nitrogen and oxygen atoms in total. The maximum absolute atomic E-state index is 9.50. The molecule has 0 aliphatic heterocycles. The van der Waals surface area contributed by atoms with Crippen LogP contribution in [0.3, 0.4) is 0 Å². The molecule has 7 heavy (non-hydrogen) atoms. The van der Waals surface area contributed by atoms with E-state index in [0.717, 1.165) is 6.29 Å². The first-order valence-electron chi connectivity index (χ1n) is 1.72. The zero-order valence-electron chi connectivity index (χ0n) is 6.27. The fourth-order valence-electron chi connectivity index (χ4n) is 0. The predicted molar refractivity (Wildman–Crippen MR) is 38.8 cm³/mol. The van der Waals surface area contributed by atoms with Gasteiger partial charge in [-0.3, -0.25) is 0 Å². The van der Waals surface area contributed by atoms with Gasteiger partial charge >= 0.3 is 23.1 Å². The van der Waals surface area contributed by atoms with Gasteiger partial charge < -0.3 is 7.65 Å². The molecule has 0 aromatic carbocycles. The molecule has 0 radical (unpaired) electrons. The van der Waals surface area contributed by atoms with E-state index in [1.54, 1.807) is 0 Å². The predicted octanol–water partition coefficient (Wildman–Crippen LogP) is -0.498. The molecule has 0 fully saturated rings. The van der Waals surface area contributed by atoms with Crippen molar-refractivity contribution in [1.29, 1.82) is 0 Å². The fraction of sp³-hybridized carbons (Fsp3) is 0.750. The van der Waals surface area contributed by atoms with E-state index in [9.17, 15) is 4.79 Å². The SMILES string of the molecule is CC(C)C=O.[AlH3].[H-].[H-].[Mg+2]. The molecule has 0 aliphatic carbocycles. The summed E-state index contributed by atoms with van der Waals surface area (Å²) >= 11 is 0. The van der Waals surface area contributed by atoms with Gasteiger partial charge in [-0.25, -0.2) is 0 Å². The molecule has 0 aromatic rings. The summed E-state index contributed by atoms with van der Waals surface area (Å²) in [7, 11) is 0. The van der Waals surface area contributed by atoms with Crippen LogP contribution in [0.15, 0.2) is 0 Å². The fourth-order valence-corrected chi connectivity index (χ4v) is 0. The Bertz CT molecular complexity index is 45.5. The van der Waals surface area contributed by atoms with Crippen LogP contribution in [0.25, 0.3) is 0 Å². The van der Waals surface area contributed by atoms with Gasteiger partial charge in [-0.1, -0.05) is 13.8 Å². The van der Waals surface area contributed by atoms with Crippen LogP contribution in [0.2, 0.25) is 0 Å². The number of rotatable bonds is 1. The third-order valence-electron chi connectivity index (χ3n) is 0.272. The van der Waals surface area contributed by atoms with E-state index in [1.807, 2.05) is 13.8 Å². The van der Waals surface area contributed by atoms with Crippen LogP contribution < -0.4 is 0 Å². The van der Waals surface area contributed by atoms with Crippen LogP contribution in [0.4, 0.5) is 0 Å². The van der Waals surface area contributed by atoms with Crippen molar-refractivity contribution in [2.75, 3.05) is 0 Å². The summed E-state index contributed by atoms with van der Waals surface area (Å²) in [6.07, 6.45) is 0.917. The van der Waals surface area contributed by atoms with Gasteiger partial charge in [0.15, 0.2) is 17.4 Å². The molecule has 0 rings (SSSR count). The zero-order valence-corrected chi connectivity index (χ0v) is 5.68. The second-order valence-corrected chi connectivity index (χ2v) is 1.38. The van der Waals surface area contributed by atoms with Gasteiger partial charge in [-0.2, -0.15) is 0 Å². The third-order valence-corrected chi connectivity index (χ3v) is 0.272. The molecule has 0 aliphatic rings. The van der Waals surface area contributed by atoms with Gasteiger partial charge in [0.05, 0.1) is 0 Å². The van der Waals surface area contributed by atoms with Crippen LogP contribution in [-0.2, 0) is 4.79 Å². The minimum absolute atomic E-state index is 0. The van der Waals surface area contributed by atoms with Crippen LogP contribution >= 0.6 is 0 Å². The Morgan fingerprint density at radius 2 is 1.71 bits per heavy atom. The summed E-state index contributed by atoms with van der Waals surface area (Å²) in [5.74, 6) is 0.204. The third kappa shape index (κ3) is 19.5. The molecule has 0 saturated carbocycles. The molecule has 0 atom stereocenters. The Morgan fingerprint density at radius 3 is 1.71 bits per heavy atom. The van der Waals surface area contributed by atoms with Gasteiger partial charge in [-0.05, 0) is 0 Å². The maximum atomic E-state index is 9.50. The van der Waals surface area contributed by atoms with Gasteiger partial charge in [0.1, 0.15) is 6.29 Å². The van der Waals surface area contributed by atoms with Crippen molar-refractivity contribution in [3.63, 3.8) is 0 Å². The van der Waals surface area contributed by atoms with E-state index in [0.29, 0.717) is 0 Å². The number of hydrogen-bond acceptors (Lipinski definition) is 1. The summed E-state index contributed by atoms with van der Waals surface area (Å²) < 4.78 is 0. The smallest absolute Gasteiger partial charge is 1.00 e. The van der Waals surface area contributed by atoms with Crippen molar-refractivity contribution in [1.82, 2.24) is 0 Å². The van der Waals surface area contributed by atoms with E-state index in [1.165, 1.54) is 0 Å². The monoisotopic (exact) mass is 128 g/mol. The van der Waals surface area contributed by atoms with Crippen LogP contribution in [-0.4, -0.2) is 46.7 Å². The summed E-state index contributed by atoms with van der Waals surface area (Å²) in [6, 6.07) is 0. The molecule has 0 unspecified atom stereocenters. The quantitative estimate of drug-likeness (QED) is 0.344. The summed E-state index contributed by atoms with van der Waals surface area (Å²) in [5, 5.41) is 0. The molecule has 0 heterocycles. The van der Waals surface area contributed by atoms with Crippen LogP contribution in [0, 0.1) is 5.92 Å². The van der Waals surface area contributed by atoms with Crippen molar-refractivity contribution in [3.8, 4) is 0 Å². The minimum Gasteiger partial charge on any atom is -1.00 e. The van der Waals surface area contributed by atoms with Gasteiger partial charge in [0.2, 0.25) is 0 Å². The molecule has 0 aromatic heterocycles. The second-order valence-electron chi connectivity index (χ2n) is 1.38. The second kappa shape index (κ2) is 10.1. The summed E-state index contributed by atoms with van der Waals surface area (Å²) in [4.78, 5) is 9.50. The average Bonchev–Trinajstić information content (AvgIpc) is 1.38. The van der Waals surface area contributed by atoms with E-state index >= 15 is 0 Å². The van der Waals surface area contributed by atoms with Gasteiger partial charge in [-0.15, -0.1) is 0 Å². The van der Waals surface area contributed by atoms with Gasteiger partial charge in [0, 0.05) is 5.92 Å². The van der Waals surface area contributed by atoms with Crippen LogP contribution in [0.1, 0.15) is 16.7 Å². The maximum Gasteiger partial charge on any atom is 2.00 e. The molecule has 3 heteroatoms. The molecule has 0 N–H and O–H groups in total. The van der Waals surface area contributed by atoms with Crippen molar-refractivity contribution in [2.45, 2.75) is 13.8 Å². The summed E-state index contributed by atoms with van der Waals surface area (Å²) in [5.41, 5.74) is 0. The number of aldehydes is 1. The number of hydrogen-bond donors (Lipinski definition) is 0. The Kier molecular flexibility index (Phi) is 22.5. The Balaban J connectivity index is -0.0000000133. The van der Waals surface area contributed by atoms with E-state index in [2.05, 4.69) is 0 Å². The molecule has 0 saturated heterocycles. The van der Waals surface area contributed by atoms with Crippen molar-refractivity contribution >= 4 is 46.7 Å². The first-order valence-corrected chi connectivity index (χ1v) is 1.72. The van der Waals surface area contributed by atoms with E-state index in [-0.39, 0.29) is 49.2 Å². The Morgan fingerprint density at radius 1 is 1.57 bits per heavy atom. The average molecular weight is 128 g/mol. The minimum atomic E-state index is 0. The molecule has 0 bridgehead atoms. The van der Waals surface area contributed by atoms with Crippen molar-refractivity contribution in [2.24, 2.45) is 5.92 Å². The first kappa shape index (κ1) is 15.7. The molecule has 40 valence electrons. The zero-order chi connectivity index (χ0) is 4.28. The summed E-state index contributed by atoms with van der Waals surface area (Å²) in [6.45, 7) is 3.71. The number of carbonyl (C=O) groups excluding carboxylic acids is 1. The Labute approximate surface area is 74.1 Å². The van der Waals surface area contributed by atoms with Crippen LogP contribution in [0.5, 0.6) is 0 Å². The normalized spacial score (nSPS) is 6.14. The van der Waals surface area contributed by atoms with E-state index < -0.39 is 0 Å². The molecular formula is C4H13AlMgO. The molecule has 0 spiro atoms. The Hall–Kier alpha value is 0.969. The van der Waals surface area contributed by atoms with E-state index in [4.69, 9.17) is 0 Å². The largest absolute Gasteiger partial charge is 2.00 e. The first-order chi connectivity index (χ1) is 2.27. The topological polar surface area (TPSA) is 17.1 Å². The molecular weight excluding hydrogens is 115 g/mol. The van der Waals surface area contributed by atoms with Gasteiger partial charge in [0.25, 0.3) is 0 Å². The standard InChI is InChI=1S/C4H8O.Al.Mg.5H/c1-4(2)3-5;;;;;;;/h3-4H,1-2H3;;;;;;;/q;;+2;;;;2*-1.